The van der Waals surface area contributed by atoms with Gasteiger partial charge in [0, 0.05) is 24.5 Å². The van der Waals surface area contributed by atoms with Crippen molar-refractivity contribution in [2.24, 2.45) is 0 Å². The van der Waals surface area contributed by atoms with Gasteiger partial charge in [0.15, 0.2) is 0 Å². The van der Waals surface area contributed by atoms with Crippen LogP contribution >= 0.6 is 0 Å². The van der Waals surface area contributed by atoms with E-state index in [0.29, 0.717) is 6.04 Å². The molecule has 0 aliphatic carbocycles. The lowest BCUT2D eigenvalue weighted by molar-refractivity contribution is 0.0697. The number of fused-ring (bicyclic) bond motifs is 1. The Morgan fingerprint density at radius 1 is 1.32 bits per heavy atom. The number of nitrogens with one attached hydrogen (secondary N) is 1. The van der Waals surface area contributed by atoms with Gasteiger partial charge < -0.3 is 10.2 Å². The average molecular weight is 297 g/mol. The highest BCUT2D eigenvalue weighted by Crippen LogP contribution is 2.21. The van der Waals surface area contributed by atoms with Crippen molar-refractivity contribution < 1.29 is 4.79 Å². The minimum atomic E-state index is 0.104. The van der Waals surface area contributed by atoms with Gasteiger partial charge in [-0.1, -0.05) is 12.1 Å². The van der Waals surface area contributed by atoms with E-state index in [4.69, 9.17) is 0 Å². The Balaban J connectivity index is 1.93. The number of hydrogen-bond donors (Lipinski definition) is 1. The van der Waals surface area contributed by atoms with E-state index >= 15 is 0 Å². The van der Waals surface area contributed by atoms with Crippen LogP contribution in [0.5, 0.6) is 0 Å². The molecule has 1 fully saturated rings. The first kappa shape index (κ1) is 15.0. The molecule has 0 unspecified atom stereocenters. The average Bonchev–Trinajstić information content (AvgIpc) is 2.53. The number of amides is 1. The molecular formula is C18H23N3O. The van der Waals surface area contributed by atoms with Crippen molar-refractivity contribution in [1.82, 2.24) is 15.2 Å². The van der Waals surface area contributed by atoms with Crippen molar-refractivity contribution in [1.29, 1.82) is 0 Å². The number of nitrogens with zero attached hydrogens (tertiary/aromatic N) is 2. The third kappa shape index (κ3) is 2.83. The molecule has 1 atom stereocenters. The molecule has 0 radical (unpaired) electrons. The van der Waals surface area contributed by atoms with Crippen molar-refractivity contribution in [3.8, 4) is 0 Å². The highest BCUT2D eigenvalue weighted by atomic mass is 16.2. The summed E-state index contributed by atoms with van der Waals surface area (Å²) >= 11 is 0. The monoisotopic (exact) mass is 297 g/mol. The van der Waals surface area contributed by atoms with Gasteiger partial charge in [-0.2, -0.15) is 0 Å². The molecule has 1 saturated heterocycles. The zero-order valence-electron chi connectivity index (χ0n) is 13.5. The summed E-state index contributed by atoms with van der Waals surface area (Å²) in [5.74, 6) is 0.104. The minimum absolute atomic E-state index is 0.104. The largest absolute Gasteiger partial charge is 0.337 e. The van der Waals surface area contributed by atoms with Gasteiger partial charge in [-0.05, 0) is 51.4 Å². The van der Waals surface area contributed by atoms with E-state index in [1.54, 1.807) is 0 Å². The zero-order valence-corrected chi connectivity index (χ0v) is 13.5. The number of carbonyl (C=O) groups is 1. The summed E-state index contributed by atoms with van der Waals surface area (Å²) in [6, 6.07) is 8.55. The number of rotatable bonds is 2. The Hall–Kier alpha value is -1.94. The van der Waals surface area contributed by atoms with Crippen LogP contribution in [0.2, 0.25) is 0 Å². The lowest BCUT2D eigenvalue weighted by atomic mass is 10.0. The molecule has 1 aliphatic rings. The maximum atomic E-state index is 12.9. The van der Waals surface area contributed by atoms with Crippen molar-refractivity contribution in [3.63, 3.8) is 0 Å². The number of hydrogen-bond acceptors (Lipinski definition) is 3. The van der Waals surface area contributed by atoms with E-state index < -0.39 is 0 Å². The summed E-state index contributed by atoms with van der Waals surface area (Å²) in [4.78, 5) is 19.4. The zero-order chi connectivity index (χ0) is 15.7. The Labute approximate surface area is 131 Å². The molecule has 4 heteroatoms. The number of aryl methyl sites for hydroxylation is 2. The van der Waals surface area contributed by atoms with E-state index in [1.165, 1.54) is 5.56 Å². The van der Waals surface area contributed by atoms with E-state index in [1.807, 2.05) is 31.0 Å². The first-order chi connectivity index (χ1) is 10.6. The summed E-state index contributed by atoms with van der Waals surface area (Å²) < 4.78 is 0. The van der Waals surface area contributed by atoms with Crippen LogP contribution in [0.4, 0.5) is 0 Å². The van der Waals surface area contributed by atoms with Gasteiger partial charge in [0.1, 0.15) is 0 Å². The predicted octanol–water partition coefficient (Wildman–Crippen LogP) is 2.68. The van der Waals surface area contributed by atoms with Crippen LogP contribution in [0.25, 0.3) is 10.9 Å². The van der Waals surface area contributed by atoms with E-state index in [0.717, 1.165) is 48.1 Å². The number of benzene rings is 1. The molecule has 2 heterocycles. The van der Waals surface area contributed by atoms with Gasteiger partial charge in [0.25, 0.3) is 5.91 Å². The SMILES string of the molecule is CN[C@@H]1CCCN(C(=O)c2cc3ccc(C)cc3nc2C)C1. The molecular weight excluding hydrogens is 274 g/mol. The summed E-state index contributed by atoms with van der Waals surface area (Å²) in [5.41, 5.74) is 3.69. The fourth-order valence-electron chi connectivity index (χ4n) is 3.16. The summed E-state index contributed by atoms with van der Waals surface area (Å²) in [7, 11) is 1.96. The molecule has 0 bridgehead atoms. The van der Waals surface area contributed by atoms with E-state index in [-0.39, 0.29) is 5.91 Å². The predicted molar refractivity (Wildman–Crippen MR) is 89.2 cm³/mol. The first-order valence-electron chi connectivity index (χ1n) is 7.93. The molecule has 116 valence electrons. The number of piperidine rings is 1. The quantitative estimate of drug-likeness (QED) is 0.927. The molecule has 1 amide bonds. The summed E-state index contributed by atoms with van der Waals surface area (Å²) in [6.07, 6.45) is 2.19. The van der Waals surface area contributed by atoms with Gasteiger partial charge >= 0.3 is 0 Å². The normalized spacial score (nSPS) is 18.7. The van der Waals surface area contributed by atoms with Crippen LogP contribution in [0.1, 0.15) is 34.5 Å². The molecule has 1 aromatic carbocycles. The van der Waals surface area contributed by atoms with Gasteiger partial charge in [-0.25, -0.2) is 0 Å². The molecule has 22 heavy (non-hydrogen) atoms. The Bertz CT molecular complexity index is 711. The number of pyridine rings is 1. The van der Waals surface area contributed by atoms with Crippen LogP contribution in [0.3, 0.4) is 0 Å². The molecule has 2 aromatic rings. The first-order valence-corrected chi connectivity index (χ1v) is 7.93. The lowest BCUT2D eigenvalue weighted by Crippen LogP contribution is -2.47. The number of likely N-dealkylation sites (tertiary alicyclic amines) is 1. The Morgan fingerprint density at radius 3 is 2.91 bits per heavy atom. The van der Waals surface area contributed by atoms with Crippen molar-refractivity contribution in [2.75, 3.05) is 20.1 Å². The molecule has 3 rings (SSSR count). The van der Waals surface area contributed by atoms with Crippen molar-refractivity contribution >= 4 is 16.8 Å². The molecule has 4 nitrogen and oxygen atoms in total. The highest BCUT2D eigenvalue weighted by molar-refractivity contribution is 5.98. The topological polar surface area (TPSA) is 45.2 Å². The van der Waals surface area contributed by atoms with Crippen molar-refractivity contribution in [3.05, 3.63) is 41.1 Å². The van der Waals surface area contributed by atoms with Crippen LogP contribution in [0.15, 0.2) is 24.3 Å². The minimum Gasteiger partial charge on any atom is -0.337 e. The fourth-order valence-corrected chi connectivity index (χ4v) is 3.16. The van der Waals surface area contributed by atoms with Crippen LogP contribution < -0.4 is 5.32 Å². The smallest absolute Gasteiger partial charge is 0.255 e. The lowest BCUT2D eigenvalue weighted by Gasteiger charge is -2.32. The molecule has 1 aromatic heterocycles. The van der Waals surface area contributed by atoms with E-state index in [9.17, 15) is 4.79 Å². The van der Waals surface area contributed by atoms with Crippen LogP contribution in [-0.2, 0) is 0 Å². The molecule has 1 aliphatic heterocycles. The number of likely N-dealkylation sites (N-methyl/N-ethyl adjacent to an activating group) is 1. The molecule has 1 N–H and O–H groups in total. The second-order valence-corrected chi connectivity index (χ2v) is 6.20. The maximum absolute atomic E-state index is 12.9. The standard InChI is InChI=1S/C18H23N3O/c1-12-6-7-14-10-16(13(2)20-17(14)9-12)18(22)21-8-4-5-15(11-21)19-3/h6-7,9-10,15,19H,4-5,8,11H2,1-3H3/t15-/m1/s1. The van der Waals surface area contributed by atoms with Crippen LogP contribution in [0, 0.1) is 13.8 Å². The molecule has 0 spiro atoms. The fraction of sp³-hybridized carbons (Fsp3) is 0.444. The van der Waals surface area contributed by atoms with Gasteiger partial charge in [-0.15, -0.1) is 0 Å². The van der Waals surface area contributed by atoms with Gasteiger partial charge in [0.05, 0.1) is 16.8 Å². The second-order valence-electron chi connectivity index (χ2n) is 6.20. The summed E-state index contributed by atoms with van der Waals surface area (Å²) in [5, 5.41) is 4.31. The Kier molecular flexibility index (Phi) is 4.12. The van der Waals surface area contributed by atoms with Crippen molar-refractivity contribution in [2.45, 2.75) is 32.7 Å². The maximum Gasteiger partial charge on any atom is 0.255 e. The van der Waals surface area contributed by atoms with Gasteiger partial charge in [0.2, 0.25) is 0 Å². The third-order valence-electron chi connectivity index (χ3n) is 4.51. The van der Waals surface area contributed by atoms with Crippen LogP contribution in [-0.4, -0.2) is 42.0 Å². The molecule has 0 saturated carbocycles. The third-order valence-corrected chi connectivity index (χ3v) is 4.51. The number of carbonyl (C=O) groups excluding carboxylic acids is 1. The number of aromatic nitrogens is 1. The Morgan fingerprint density at radius 2 is 2.14 bits per heavy atom. The second kappa shape index (κ2) is 6.05. The van der Waals surface area contributed by atoms with Gasteiger partial charge in [-0.3, -0.25) is 9.78 Å². The summed E-state index contributed by atoms with van der Waals surface area (Å²) in [6.45, 7) is 5.60. The van der Waals surface area contributed by atoms with E-state index in [2.05, 4.69) is 29.4 Å². The highest BCUT2D eigenvalue weighted by Gasteiger charge is 2.25.